The maximum atomic E-state index is 12.9. The minimum atomic E-state index is -0.267. The van der Waals surface area contributed by atoms with Gasteiger partial charge in [0.15, 0.2) is 0 Å². The summed E-state index contributed by atoms with van der Waals surface area (Å²) in [5.41, 5.74) is 0. The Morgan fingerprint density at radius 1 is 1.50 bits per heavy atom. The van der Waals surface area contributed by atoms with Gasteiger partial charge in [-0.05, 0) is 12.2 Å². The van der Waals surface area contributed by atoms with Gasteiger partial charge in [0.25, 0.3) is 0 Å². The average molecular weight is 219 g/mol. The van der Waals surface area contributed by atoms with Crippen LogP contribution in [0.15, 0.2) is 34.8 Å². The topological polar surface area (TPSA) is 18.5 Å². The quantitative estimate of drug-likeness (QED) is 0.676. The number of rotatable bonds is 4. The van der Waals surface area contributed by atoms with E-state index < -0.39 is 0 Å². The molecule has 0 aliphatic heterocycles. The number of allylic oxidation sites excluding steroid dienone is 5. The highest BCUT2D eigenvalue weighted by Gasteiger charge is 2.06. The van der Waals surface area contributed by atoms with Crippen LogP contribution in [-0.2, 0) is 9.47 Å². The van der Waals surface area contributed by atoms with Gasteiger partial charge in [-0.2, -0.15) is 0 Å². The fourth-order valence-corrected chi connectivity index (χ4v) is 1.21. The van der Waals surface area contributed by atoms with E-state index >= 15 is 0 Å². The largest absolute Gasteiger partial charge is 0.490 e. The van der Waals surface area contributed by atoms with Crippen molar-refractivity contribution in [1.82, 2.24) is 0 Å². The summed E-state index contributed by atoms with van der Waals surface area (Å²) in [5.74, 6) is 0.216. The summed E-state index contributed by atoms with van der Waals surface area (Å²) in [6.45, 7) is 0.884. The molecule has 0 unspecified atom stereocenters. The second kappa shape index (κ2) is 5.83. The first-order valence-electron chi connectivity index (χ1n) is 4.28. The van der Waals surface area contributed by atoms with Crippen LogP contribution in [0.2, 0.25) is 0 Å². The predicted molar refractivity (Wildman–Crippen MR) is 53.7 cm³/mol. The van der Waals surface area contributed by atoms with Crippen molar-refractivity contribution in [2.75, 3.05) is 20.3 Å². The molecule has 0 heterocycles. The van der Waals surface area contributed by atoms with E-state index in [4.69, 9.17) is 21.1 Å². The Bertz CT molecular complexity index is 282. The van der Waals surface area contributed by atoms with Crippen molar-refractivity contribution < 1.29 is 13.9 Å². The van der Waals surface area contributed by atoms with Crippen molar-refractivity contribution in [2.24, 2.45) is 0 Å². The van der Waals surface area contributed by atoms with Gasteiger partial charge in [-0.3, -0.25) is 0 Å². The summed E-state index contributed by atoms with van der Waals surface area (Å²) in [5, 5.41) is 0.285. The van der Waals surface area contributed by atoms with Gasteiger partial charge < -0.3 is 9.47 Å². The van der Waals surface area contributed by atoms with E-state index in [-0.39, 0.29) is 17.3 Å². The standard InChI is InChI=1S/C10H12ClFO2/c1-13-5-6-14-10-4-2-3-8(12)7-9(10)11/h2,4,7H,3,5-6H2,1H3. The molecule has 0 saturated heterocycles. The van der Waals surface area contributed by atoms with Crippen LogP contribution < -0.4 is 0 Å². The minimum Gasteiger partial charge on any atom is -0.490 e. The lowest BCUT2D eigenvalue weighted by Crippen LogP contribution is -2.01. The summed E-state index contributed by atoms with van der Waals surface area (Å²) in [4.78, 5) is 0. The Balaban J connectivity index is 2.60. The average Bonchev–Trinajstić information content (AvgIpc) is 2.29. The zero-order valence-electron chi connectivity index (χ0n) is 7.93. The van der Waals surface area contributed by atoms with Gasteiger partial charge in [0.1, 0.15) is 18.2 Å². The summed E-state index contributed by atoms with van der Waals surface area (Å²) < 4.78 is 23.0. The van der Waals surface area contributed by atoms with Gasteiger partial charge in [-0.1, -0.05) is 17.7 Å². The van der Waals surface area contributed by atoms with E-state index in [9.17, 15) is 4.39 Å². The summed E-state index contributed by atoms with van der Waals surface area (Å²) in [6, 6.07) is 0. The minimum absolute atomic E-state index is 0.257. The first-order chi connectivity index (χ1) is 6.74. The molecular weight excluding hydrogens is 207 g/mol. The SMILES string of the molecule is COCCOC1=C(Cl)C=C(F)CC=C1. The van der Waals surface area contributed by atoms with Crippen LogP contribution in [0.4, 0.5) is 4.39 Å². The molecular formula is C10H12ClFO2. The molecule has 0 aromatic rings. The van der Waals surface area contributed by atoms with Crippen molar-refractivity contribution in [3.8, 4) is 0 Å². The molecule has 0 N–H and O–H groups in total. The summed E-state index contributed by atoms with van der Waals surface area (Å²) in [6.07, 6.45) is 4.86. The van der Waals surface area contributed by atoms with Gasteiger partial charge in [0.2, 0.25) is 0 Å². The molecule has 0 bridgehead atoms. The molecule has 14 heavy (non-hydrogen) atoms. The molecule has 0 radical (unpaired) electrons. The third-order valence-corrected chi connectivity index (χ3v) is 1.94. The fourth-order valence-electron chi connectivity index (χ4n) is 0.978. The van der Waals surface area contributed by atoms with Crippen LogP contribution in [0.5, 0.6) is 0 Å². The number of hydrogen-bond donors (Lipinski definition) is 0. The predicted octanol–water partition coefficient (Wildman–Crippen LogP) is 2.91. The van der Waals surface area contributed by atoms with Crippen LogP contribution in [0.3, 0.4) is 0 Å². The second-order valence-electron chi connectivity index (χ2n) is 2.75. The van der Waals surface area contributed by atoms with E-state index in [0.717, 1.165) is 0 Å². The molecule has 0 amide bonds. The number of ether oxygens (including phenoxy) is 2. The Hall–Kier alpha value is -0.800. The highest BCUT2D eigenvalue weighted by Crippen LogP contribution is 2.21. The molecule has 0 aromatic carbocycles. The molecule has 0 fully saturated rings. The first kappa shape index (κ1) is 11.3. The van der Waals surface area contributed by atoms with E-state index in [0.29, 0.717) is 19.0 Å². The molecule has 0 spiro atoms. The third-order valence-electron chi connectivity index (χ3n) is 1.65. The molecule has 1 aliphatic carbocycles. The van der Waals surface area contributed by atoms with Gasteiger partial charge in [-0.15, -0.1) is 0 Å². The monoisotopic (exact) mass is 218 g/mol. The third kappa shape index (κ3) is 3.52. The number of hydrogen-bond acceptors (Lipinski definition) is 2. The van der Waals surface area contributed by atoms with Gasteiger partial charge in [0, 0.05) is 13.5 Å². The molecule has 2 nitrogen and oxygen atoms in total. The lowest BCUT2D eigenvalue weighted by Gasteiger charge is -2.06. The summed E-state index contributed by atoms with van der Waals surface area (Å²) in [7, 11) is 1.59. The van der Waals surface area contributed by atoms with Crippen molar-refractivity contribution in [3.63, 3.8) is 0 Å². The number of methoxy groups -OCH3 is 1. The Labute approximate surface area is 87.6 Å². The zero-order chi connectivity index (χ0) is 10.4. The maximum absolute atomic E-state index is 12.9. The van der Waals surface area contributed by atoms with E-state index in [1.165, 1.54) is 6.08 Å². The van der Waals surface area contributed by atoms with Gasteiger partial charge in [0.05, 0.1) is 11.6 Å². The molecule has 1 rings (SSSR count). The fraction of sp³-hybridized carbons (Fsp3) is 0.400. The molecule has 78 valence electrons. The molecule has 0 aromatic heterocycles. The first-order valence-corrected chi connectivity index (χ1v) is 4.66. The summed E-state index contributed by atoms with van der Waals surface area (Å²) >= 11 is 5.81. The maximum Gasteiger partial charge on any atom is 0.137 e. The number of halogens is 2. The Morgan fingerprint density at radius 2 is 2.29 bits per heavy atom. The lowest BCUT2D eigenvalue weighted by molar-refractivity contribution is 0.114. The van der Waals surface area contributed by atoms with Crippen LogP contribution in [0, 0.1) is 0 Å². The zero-order valence-corrected chi connectivity index (χ0v) is 8.68. The molecule has 1 aliphatic rings. The molecule has 0 saturated carbocycles. The van der Waals surface area contributed by atoms with Crippen LogP contribution in [0.25, 0.3) is 0 Å². The van der Waals surface area contributed by atoms with E-state index in [1.807, 2.05) is 0 Å². The van der Waals surface area contributed by atoms with Crippen molar-refractivity contribution in [1.29, 1.82) is 0 Å². The van der Waals surface area contributed by atoms with Crippen molar-refractivity contribution >= 4 is 11.6 Å². The molecule has 4 heteroatoms. The highest BCUT2D eigenvalue weighted by molar-refractivity contribution is 6.31. The van der Waals surface area contributed by atoms with Crippen molar-refractivity contribution in [3.05, 3.63) is 34.8 Å². The highest BCUT2D eigenvalue weighted by atomic mass is 35.5. The van der Waals surface area contributed by atoms with E-state index in [1.54, 1.807) is 19.3 Å². The van der Waals surface area contributed by atoms with Crippen LogP contribution in [0.1, 0.15) is 6.42 Å². The van der Waals surface area contributed by atoms with Gasteiger partial charge >= 0.3 is 0 Å². The normalized spacial score (nSPS) is 16.6. The van der Waals surface area contributed by atoms with Crippen LogP contribution >= 0.6 is 11.6 Å². The lowest BCUT2D eigenvalue weighted by atomic mass is 10.3. The smallest absolute Gasteiger partial charge is 0.137 e. The molecule has 0 atom stereocenters. The second-order valence-corrected chi connectivity index (χ2v) is 3.16. The van der Waals surface area contributed by atoms with Crippen LogP contribution in [-0.4, -0.2) is 20.3 Å². The Morgan fingerprint density at radius 3 is 3.00 bits per heavy atom. The van der Waals surface area contributed by atoms with Crippen molar-refractivity contribution in [2.45, 2.75) is 6.42 Å². The van der Waals surface area contributed by atoms with E-state index in [2.05, 4.69) is 0 Å². The Kier molecular flexibility index (Phi) is 4.70. The van der Waals surface area contributed by atoms with Gasteiger partial charge in [-0.25, -0.2) is 4.39 Å².